The minimum Gasteiger partial charge on any atom is -0.323 e. The van der Waals surface area contributed by atoms with Crippen LogP contribution in [0.1, 0.15) is 11.1 Å². The predicted molar refractivity (Wildman–Crippen MR) is 73.0 cm³/mol. The van der Waals surface area contributed by atoms with E-state index in [4.69, 9.17) is 11.6 Å². The number of amides is 1. The smallest absolute Gasteiger partial charge is 0.267 e. The molecule has 2 aromatic carbocycles. The SMILES string of the molecule is O=C1Nc2ccccc2[C@]1(F)Cc1ccc(Cl)cc1. The number of carbonyl (C=O) groups excluding carboxylic acids is 1. The van der Waals surface area contributed by atoms with E-state index in [-0.39, 0.29) is 6.42 Å². The molecular formula is C15H11ClFNO. The van der Waals surface area contributed by atoms with Gasteiger partial charge in [0.1, 0.15) is 0 Å². The third kappa shape index (κ3) is 2.00. The van der Waals surface area contributed by atoms with E-state index in [1.807, 2.05) is 0 Å². The average Bonchev–Trinajstić information content (AvgIpc) is 2.65. The van der Waals surface area contributed by atoms with Gasteiger partial charge in [0.05, 0.1) is 0 Å². The fraction of sp³-hybridized carbons (Fsp3) is 0.133. The Bertz CT molecular complexity index is 641. The lowest BCUT2D eigenvalue weighted by Crippen LogP contribution is -2.31. The molecule has 19 heavy (non-hydrogen) atoms. The zero-order chi connectivity index (χ0) is 13.5. The van der Waals surface area contributed by atoms with Crippen LogP contribution in [0.5, 0.6) is 0 Å². The van der Waals surface area contributed by atoms with Crippen molar-refractivity contribution in [3.8, 4) is 0 Å². The van der Waals surface area contributed by atoms with Crippen molar-refractivity contribution in [3.63, 3.8) is 0 Å². The lowest BCUT2D eigenvalue weighted by atomic mass is 9.90. The fourth-order valence-corrected chi connectivity index (χ4v) is 2.47. The Hall–Kier alpha value is -1.87. The Balaban J connectivity index is 1.99. The van der Waals surface area contributed by atoms with Crippen LogP contribution in [0.3, 0.4) is 0 Å². The summed E-state index contributed by atoms with van der Waals surface area (Å²) in [6, 6.07) is 13.7. The molecule has 4 heteroatoms. The third-order valence-electron chi connectivity index (χ3n) is 3.32. The van der Waals surface area contributed by atoms with Crippen molar-refractivity contribution in [3.05, 3.63) is 64.7 Å². The lowest BCUT2D eigenvalue weighted by Gasteiger charge is -2.17. The Morgan fingerprint density at radius 1 is 1.11 bits per heavy atom. The highest BCUT2D eigenvalue weighted by Gasteiger charge is 2.47. The van der Waals surface area contributed by atoms with E-state index in [0.29, 0.717) is 16.3 Å². The molecule has 3 rings (SSSR count). The number of nitrogens with one attached hydrogen (secondary N) is 1. The van der Waals surface area contributed by atoms with Crippen molar-refractivity contribution in [1.82, 2.24) is 0 Å². The van der Waals surface area contributed by atoms with Gasteiger partial charge in [0, 0.05) is 22.7 Å². The molecule has 0 spiro atoms. The van der Waals surface area contributed by atoms with Crippen molar-refractivity contribution in [2.75, 3.05) is 5.32 Å². The molecule has 1 aliphatic heterocycles. The van der Waals surface area contributed by atoms with Gasteiger partial charge in [-0.1, -0.05) is 41.9 Å². The van der Waals surface area contributed by atoms with Crippen LogP contribution in [0.25, 0.3) is 0 Å². The molecule has 0 radical (unpaired) electrons. The zero-order valence-electron chi connectivity index (χ0n) is 9.99. The van der Waals surface area contributed by atoms with Gasteiger partial charge >= 0.3 is 0 Å². The number of benzene rings is 2. The summed E-state index contributed by atoms with van der Waals surface area (Å²) in [6.07, 6.45) is 0.00696. The zero-order valence-corrected chi connectivity index (χ0v) is 10.7. The highest BCUT2D eigenvalue weighted by molar-refractivity contribution is 6.30. The minimum absolute atomic E-state index is 0.00696. The molecule has 1 amide bonds. The largest absolute Gasteiger partial charge is 0.323 e. The van der Waals surface area contributed by atoms with Crippen LogP contribution in [-0.4, -0.2) is 5.91 Å². The van der Waals surface area contributed by atoms with Crippen molar-refractivity contribution in [1.29, 1.82) is 0 Å². The van der Waals surface area contributed by atoms with Gasteiger partial charge in [0.15, 0.2) is 0 Å². The van der Waals surface area contributed by atoms with Crippen LogP contribution in [0, 0.1) is 0 Å². The maximum Gasteiger partial charge on any atom is 0.267 e. The number of hydrogen-bond acceptors (Lipinski definition) is 1. The third-order valence-corrected chi connectivity index (χ3v) is 3.58. The number of fused-ring (bicyclic) bond motifs is 1. The number of para-hydroxylation sites is 1. The van der Waals surface area contributed by atoms with E-state index in [1.54, 1.807) is 48.5 Å². The maximum absolute atomic E-state index is 15.0. The molecule has 0 saturated heterocycles. The van der Waals surface area contributed by atoms with E-state index < -0.39 is 11.6 Å². The molecule has 0 unspecified atom stereocenters. The molecule has 0 aliphatic carbocycles. The van der Waals surface area contributed by atoms with E-state index >= 15 is 4.39 Å². The molecule has 0 fully saturated rings. The Morgan fingerprint density at radius 2 is 1.79 bits per heavy atom. The van der Waals surface area contributed by atoms with E-state index in [0.717, 1.165) is 5.56 Å². The molecule has 2 aromatic rings. The summed E-state index contributed by atoms with van der Waals surface area (Å²) in [5, 5.41) is 3.17. The summed E-state index contributed by atoms with van der Waals surface area (Å²) in [6.45, 7) is 0. The highest BCUT2D eigenvalue weighted by atomic mass is 35.5. The van der Waals surface area contributed by atoms with Gasteiger partial charge in [-0.15, -0.1) is 0 Å². The number of hydrogen-bond donors (Lipinski definition) is 1. The van der Waals surface area contributed by atoms with Gasteiger partial charge in [0.25, 0.3) is 5.91 Å². The minimum atomic E-state index is -2.01. The monoisotopic (exact) mass is 275 g/mol. The molecule has 0 bridgehead atoms. The Kier molecular flexibility index (Phi) is 2.79. The topological polar surface area (TPSA) is 29.1 Å². The van der Waals surface area contributed by atoms with E-state index in [1.165, 1.54) is 0 Å². The van der Waals surface area contributed by atoms with Crippen LogP contribution >= 0.6 is 11.6 Å². The van der Waals surface area contributed by atoms with Crippen molar-refractivity contribution < 1.29 is 9.18 Å². The van der Waals surface area contributed by atoms with Crippen molar-refractivity contribution in [2.45, 2.75) is 12.1 Å². The molecule has 96 valence electrons. The molecule has 0 saturated carbocycles. The van der Waals surface area contributed by atoms with Crippen LogP contribution in [0.2, 0.25) is 5.02 Å². The summed E-state index contributed by atoms with van der Waals surface area (Å²) in [7, 11) is 0. The molecule has 1 heterocycles. The van der Waals surface area contributed by atoms with E-state index in [9.17, 15) is 4.79 Å². The van der Waals surface area contributed by atoms with Crippen LogP contribution in [-0.2, 0) is 16.9 Å². The summed E-state index contributed by atoms with van der Waals surface area (Å²) in [4.78, 5) is 11.9. The molecular weight excluding hydrogens is 265 g/mol. The van der Waals surface area contributed by atoms with Crippen LogP contribution in [0.15, 0.2) is 48.5 Å². The standard InChI is InChI=1S/C15H11ClFNO/c16-11-7-5-10(6-8-11)9-15(17)12-3-1-2-4-13(12)18-14(15)19/h1-8H,9H2,(H,18,19)/t15-/m1/s1. The van der Waals surface area contributed by atoms with Gasteiger partial charge < -0.3 is 5.32 Å². The number of alkyl halides is 1. The predicted octanol–water partition coefficient (Wildman–Crippen LogP) is 3.70. The average molecular weight is 276 g/mol. The number of anilines is 1. The summed E-state index contributed by atoms with van der Waals surface area (Å²) < 4.78 is 15.0. The van der Waals surface area contributed by atoms with Gasteiger partial charge in [-0.25, -0.2) is 4.39 Å². The van der Waals surface area contributed by atoms with Crippen molar-refractivity contribution in [2.24, 2.45) is 0 Å². The van der Waals surface area contributed by atoms with Gasteiger partial charge in [-0.05, 0) is 23.8 Å². The summed E-state index contributed by atoms with van der Waals surface area (Å²) >= 11 is 5.80. The molecule has 1 aliphatic rings. The molecule has 1 N–H and O–H groups in total. The number of halogens is 2. The van der Waals surface area contributed by atoms with E-state index in [2.05, 4.69) is 5.32 Å². The maximum atomic E-state index is 15.0. The first-order valence-electron chi connectivity index (χ1n) is 5.94. The van der Waals surface area contributed by atoms with Crippen LogP contribution in [0.4, 0.5) is 10.1 Å². The normalized spacial score (nSPS) is 21.1. The Morgan fingerprint density at radius 3 is 2.53 bits per heavy atom. The number of carbonyl (C=O) groups is 1. The number of rotatable bonds is 2. The second-order valence-electron chi connectivity index (χ2n) is 4.60. The first kappa shape index (κ1) is 12.2. The quantitative estimate of drug-likeness (QED) is 0.890. The summed E-state index contributed by atoms with van der Waals surface area (Å²) in [5.41, 5.74) is -0.331. The fourth-order valence-electron chi connectivity index (χ4n) is 2.34. The Labute approximate surface area is 115 Å². The van der Waals surface area contributed by atoms with Crippen molar-refractivity contribution >= 4 is 23.2 Å². The van der Waals surface area contributed by atoms with Gasteiger partial charge in [-0.2, -0.15) is 0 Å². The highest BCUT2D eigenvalue weighted by Crippen LogP contribution is 2.41. The summed E-state index contributed by atoms with van der Waals surface area (Å²) in [5.74, 6) is -0.608. The first-order valence-corrected chi connectivity index (χ1v) is 6.32. The lowest BCUT2D eigenvalue weighted by molar-refractivity contribution is -0.126. The van der Waals surface area contributed by atoms with Gasteiger partial charge in [-0.3, -0.25) is 4.79 Å². The molecule has 1 atom stereocenters. The first-order chi connectivity index (χ1) is 9.09. The molecule has 0 aromatic heterocycles. The second-order valence-corrected chi connectivity index (χ2v) is 5.04. The van der Waals surface area contributed by atoms with Crippen LogP contribution < -0.4 is 5.32 Å². The molecule has 2 nitrogen and oxygen atoms in total. The second kappa shape index (κ2) is 4.35. The van der Waals surface area contributed by atoms with Gasteiger partial charge in [0.2, 0.25) is 5.67 Å².